The molecule has 0 saturated heterocycles. The van der Waals surface area contributed by atoms with Gasteiger partial charge in [0.05, 0.1) is 12.2 Å². The number of thioether (sulfide) groups is 1. The number of hydrogen-bond donors (Lipinski definition) is 1. The van der Waals surface area contributed by atoms with Crippen LogP contribution in [0.4, 0.5) is 13.2 Å². The molecule has 0 aliphatic heterocycles. The minimum atomic E-state index is -4.71. The van der Waals surface area contributed by atoms with E-state index in [0.717, 1.165) is 11.3 Å². The molecule has 172 valence electrons. The molecule has 0 radical (unpaired) electrons. The van der Waals surface area contributed by atoms with E-state index in [1.807, 2.05) is 34.7 Å². The summed E-state index contributed by atoms with van der Waals surface area (Å²) in [7, 11) is 1.88. The summed E-state index contributed by atoms with van der Waals surface area (Å²) < 4.78 is 42.8. The molecule has 6 nitrogen and oxygen atoms in total. The van der Waals surface area contributed by atoms with Crippen LogP contribution in [0.2, 0.25) is 5.02 Å². The lowest BCUT2D eigenvalue weighted by molar-refractivity contribution is -0.274. The van der Waals surface area contributed by atoms with E-state index < -0.39 is 6.36 Å². The van der Waals surface area contributed by atoms with Crippen LogP contribution in [0.5, 0.6) is 5.75 Å². The number of aliphatic hydroxyl groups excluding tert-OH is 1. The summed E-state index contributed by atoms with van der Waals surface area (Å²) in [5, 5.41) is 19.0. The van der Waals surface area contributed by atoms with Crippen molar-refractivity contribution in [3.05, 3.63) is 64.9 Å². The minimum Gasteiger partial charge on any atom is -0.406 e. The van der Waals surface area contributed by atoms with Gasteiger partial charge in [0.15, 0.2) is 11.0 Å². The average molecular weight is 487 g/mol. The van der Waals surface area contributed by atoms with Crippen molar-refractivity contribution in [2.24, 2.45) is 0 Å². The van der Waals surface area contributed by atoms with Gasteiger partial charge in [0, 0.05) is 23.9 Å². The maximum absolute atomic E-state index is 12.3. The number of hydrogen-bond acceptors (Lipinski definition) is 6. The molecule has 0 atom stereocenters. The Balaban J connectivity index is 1.74. The topological polar surface area (TPSA) is 63.4 Å². The number of nitrogens with zero attached hydrogens (tertiary/aromatic N) is 4. The molecular formula is C21H22ClF3N4O2S. The van der Waals surface area contributed by atoms with Crippen LogP contribution in [-0.4, -0.2) is 50.5 Å². The third-order valence-electron chi connectivity index (χ3n) is 4.32. The number of halogens is 4. The summed E-state index contributed by atoms with van der Waals surface area (Å²) in [6, 6.07) is 13.1. The first-order valence-corrected chi connectivity index (χ1v) is 11.1. The van der Waals surface area contributed by atoms with Gasteiger partial charge in [0.2, 0.25) is 0 Å². The van der Waals surface area contributed by atoms with Crippen molar-refractivity contribution < 1.29 is 23.0 Å². The van der Waals surface area contributed by atoms with Crippen LogP contribution in [0.25, 0.3) is 5.69 Å². The second kappa shape index (κ2) is 11.0. The molecule has 3 rings (SSSR count). The fourth-order valence-corrected chi connectivity index (χ4v) is 4.08. The van der Waals surface area contributed by atoms with Crippen molar-refractivity contribution in [1.82, 2.24) is 19.7 Å². The molecular weight excluding hydrogens is 465 g/mol. The zero-order valence-corrected chi connectivity index (χ0v) is 18.8. The van der Waals surface area contributed by atoms with Gasteiger partial charge in [0.1, 0.15) is 5.75 Å². The number of ether oxygens (including phenoxy) is 1. The first kappa shape index (κ1) is 24.4. The van der Waals surface area contributed by atoms with E-state index in [1.165, 1.54) is 23.9 Å². The molecule has 1 aromatic heterocycles. The summed E-state index contributed by atoms with van der Waals surface area (Å²) in [5.74, 6) is 1.13. The zero-order valence-electron chi connectivity index (χ0n) is 17.2. The molecule has 0 aliphatic carbocycles. The van der Waals surface area contributed by atoms with E-state index >= 15 is 0 Å². The third kappa shape index (κ3) is 7.13. The lowest BCUT2D eigenvalue weighted by atomic mass is 10.2. The van der Waals surface area contributed by atoms with Crippen LogP contribution in [0.3, 0.4) is 0 Å². The summed E-state index contributed by atoms with van der Waals surface area (Å²) in [6.45, 7) is 1.03. The molecule has 1 N–H and O–H groups in total. The molecule has 0 bridgehead atoms. The highest BCUT2D eigenvalue weighted by atomic mass is 35.5. The molecule has 0 saturated carbocycles. The van der Waals surface area contributed by atoms with Gasteiger partial charge in [-0.05, 0) is 49.4 Å². The molecule has 11 heteroatoms. The van der Waals surface area contributed by atoms with E-state index in [1.54, 1.807) is 18.2 Å². The molecule has 0 amide bonds. The summed E-state index contributed by atoms with van der Waals surface area (Å²) in [4.78, 5) is 1.98. The average Bonchev–Trinajstić information content (AvgIpc) is 3.11. The molecule has 0 spiro atoms. The van der Waals surface area contributed by atoms with Crippen LogP contribution < -0.4 is 4.74 Å². The van der Waals surface area contributed by atoms with Crippen LogP contribution in [0, 0.1) is 0 Å². The van der Waals surface area contributed by atoms with E-state index in [4.69, 9.17) is 16.7 Å². The molecule has 0 unspecified atom stereocenters. The lowest BCUT2D eigenvalue weighted by Crippen LogP contribution is -2.20. The minimum absolute atomic E-state index is 0.0979. The number of aliphatic hydroxyl groups is 1. The van der Waals surface area contributed by atoms with Gasteiger partial charge in [-0.15, -0.1) is 23.4 Å². The van der Waals surface area contributed by atoms with Crippen molar-refractivity contribution in [2.45, 2.75) is 31.0 Å². The van der Waals surface area contributed by atoms with Crippen molar-refractivity contribution in [2.75, 3.05) is 19.4 Å². The highest BCUT2D eigenvalue weighted by Crippen LogP contribution is 2.26. The van der Waals surface area contributed by atoms with E-state index in [-0.39, 0.29) is 12.4 Å². The van der Waals surface area contributed by atoms with Gasteiger partial charge in [0.25, 0.3) is 0 Å². The quantitative estimate of drug-likeness (QED) is 0.324. The Morgan fingerprint density at radius 1 is 1.12 bits per heavy atom. The van der Waals surface area contributed by atoms with Crippen molar-refractivity contribution in [3.63, 3.8) is 0 Å². The standard InChI is InChI=1S/C21H22ClF3N4O2S/c1-28(13-15-6-8-18(9-7-15)31-21(23,24)25)14-19-26-27-20(32-11-3-10-30)29(19)17-5-2-4-16(22)12-17/h2,4-9,12,30H,3,10-11,13-14H2,1H3. The normalized spacial score (nSPS) is 11.8. The second-order valence-corrected chi connectivity index (χ2v) is 8.50. The second-order valence-electron chi connectivity index (χ2n) is 7.00. The largest absolute Gasteiger partial charge is 0.573 e. The Labute approximate surface area is 193 Å². The number of alkyl halides is 3. The predicted molar refractivity (Wildman–Crippen MR) is 117 cm³/mol. The molecule has 0 fully saturated rings. The number of benzene rings is 2. The Morgan fingerprint density at radius 2 is 1.88 bits per heavy atom. The molecule has 0 aliphatic rings. The Bertz CT molecular complexity index is 1020. The maximum Gasteiger partial charge on any atom is 0.573 e. The highest BCUT2D eigenvalue weighted by molar-refractivity contribution is 7.99. The Kier molecular flexibility index (Phi) is 8.41. The fraction of sp³-hybridized carbons (Fsp3) is 0.333. The van der Waals surface area contributed by atoms with Gasteiger partial charge in [-0.2, -0.15) is 0 Å². The van der Waals surface area contributed by atoms with Gasteiger partial charge < -0.3 is 9.84 Å². The van der Waals surface area contributed by atoms with Gasteiger partial charge in [-0.1, -0.05) is 41.6 Å². The highest BCUT2D eigenvalue weighted by Gasteiger charge is 2.31. The van der Waals surface area contributed by atoms with Gasteiger partial charge in [-0.25, -0.2) is 0 Å². The van der Waals surface area contributed by atoms with E-state index in [0.29, 0.717) is 41.3 Å². The first-order valence-electron chi connectivity index (χ1n) is 9.72. The first-order chi connectivity index (χ1) is 15.2. The molecule has 3 aromatic rings. The van der Waals surface area contributed by atoms with Crippen LogP contribution in [-0.2, 0) is 13.1 Å². The van der Waals surface area contributed by atoms with Crippen LogP contribution >= 0.6 is 23.4 Å². The van der Waals surface area contributed by atoms with Crippen molar-refractivity contribution >= 4 is 23.4 Å². The van der Waals surface area contributed by atoms with E-state index in [9.17, 15) is 13.2 Å². The maximum atomic E-state index is 12.3. The Hall–Kier alpha value is -2.27. The number of aromatic nitrogens is 3. The third-order valence-corrected chi connectivity index (χ3v) is 5.57. The smallest absolute Gasteiger partial charge is 0.406 e. The van der Waals surface area contributed by atoms with Crippen LogP contribution in [0.15, 0.2) is 53.7 Å². The predicted octanol–water partition coefficient (Wildman–Crippen LogP) is 4.93. The zero-order chi connectivity index (χ0) is 23.1. The molecule has 1 heterocycles. The summed E-state index contributed by atoms with van der Waals surface area (Å²) in [6.07, 6.45) is -4.08. The van der Waals surface area contributed by atoms with E-state index in [2.05, 4.69) is 14.9 Å². The summed E-state index contributed by atoms with van der Waals surface area (Å²) >= 11 is 7.67. The number of rotatable bonds is 10. The van der Waals surface area contributed by atoms with Crippen LogP contribution in [0.1, 0.15) is 17.8 Å². The van der Waals surface area contributed by atoms with Gasteiger partial charge >= 0.3 is 6.36 Å². The summed E-state index contributed by atoms with van der Waals surface area (Å²) in [5.41, 5.74) is 1.65. The fourth-order valence-electron chi connectivity index (χ4n) is 3.00. The van der Waals surface area contributed by atoms with Crippen molar-refractivity contribution in [3.8, 4) is 11.4 Å². The SMILES string of the molecule is CN(Cc1ccc(OC(F)(F)F)cc1)Cc1nnc(SCCCO)n1-c1cccc(Cl)c1. The lowest BCUT2D eigenvalue weighted by Gasteiger charge is -2.18. The van der Waals surface area contributed by atoms with Crippen molar-refractivity contribution in [1.29, 1.82) is 0 Å². The monoisotopic (exact) mass is 486 g/mol. The van der Waals surface area contributed by atoms with Gasteiger partial charge in [-0.3, -0.25) is 9.47 Å². The molecule has 2 aromatic carbocycles. The Morgan fingerprint density at radius 3 is 2.53 bits per heavy atom. The molecule has 32 heavy (non-hydrogen) atoms.